The Morgan fingerprint density at radius 3 is 2.50 bits per heavy atom. The minimum Gasteiger partial charge on any atom is -0.470 e. The van der Waals surface area contributed by atoms with Crippen molar-refractivity contribution in [2.75, 3.05) is 0 Å². The first-order chi connectivity index (χ1) is 12.5. The van der Waals surface area contributed by atoms with Crippen molar-refractivity contribution in [3.63, 3.8) is 0 Å². The second kappa shape index (κ2) is 7.21. The lowest BCUT2D eigenvalue weighted by Gasteiger charge is -2.10. The zero-order valence-corrected chi connectivity index (χ0v) is 13.6. The van der Waals surface area contributed by atoms with Crippen LogP contribution in [0.25, 0.3) is 5.69 Å². The number of aromatic nitrogens is 5. The van der Waals surface area contributed by atoms with Gasteiger partial charge in [0.1, 0.15) is 30.0 Å². The summed E-state index contributed by atoms with van der Waals surface area (Å²) in [4.78, 5) is 11.0. The van der Waals surface area contributed by atoms with Gasteiger partial charge in [0.25, 0.3) is 5.91 Å². The summed E-state index contributed by atoms with van der Waals surface area (Å²) in [6, 6.07) is 8.27. The van der Waals surface area contributed by atoms with Crippen LogP contribution in [-0.4, -0.2) is 31.1 Å². The predicted octanol–water partition coefficient (Wildman–Crippen LogP) is 1.90. The molecule has 0 saturated carbocycles. The molecular formula is C16H14F2N6O2. The molecule has 0 bridgehead atoms. The number of ether oxygens (including phenoxy) is 1. The van der Waals surface area contributed by atoms with Crippen molar-refractivity contribution < 1.29 is 18.3 Å². The van der Waals surface area contributed by atoms with Gasteiger partial charge < -0.3 is 10.5 Å². The average molecular weight is 360 g/mol. The van der Waals surface area contributed by atoms with Crippen LogP contribution in [0.4, 0.5) is 8.78 Å². The number of carbonyl (C=O) groups is 1. The van der Waals surface area contributed by atoms with E-state index in [0.717, 1.165) is 0 Å². The van der Waals surface area contributed by atoms with Gasteiger partial charge in [-0.25, -0.2) is 13.5 Å². The molecule has 2 N–H and O–H groups in total. The van der Waals surface area contributed by atoms with Crippen LogP contribution < -0.4 is 10.5 Å². The molecule has 3 aromatic rings. The lowest BCUT2D eigenvalue weighted by atomic mass is 10.2. The van der Waals surface area contributed by atoms with Crippen molar-refractivity contribution in [3.05, 3.63) is 59.3 Å². The van der Waals surface area contributed by atoms with Crippen LogP contribution in [0.15, 0.2) is 36.4 Å². The fourth-order valence-corrected chi connectivity index (χ4v) is 2.22. The molecule has 0 fully saturated rings. The predicted molar refractivity (Wildman–Crippen MR) is 85.7 cm³/mol. The highest BCUT2D eigenvalue weighted by atomic mass is 19.1. The van der Waals surface area contributed by atoms with Gasteiger partial charge in [0.15, 0.2) is 5.69 Å². The summed E-state index contributed by atoms with van der Waals surface area (Å²) in [5, 5.41) is 15.1. The van der Waals surface area contributed by atoms with E-state index in [0.29, 0.717) is 11.4 Å². The van der Waals surface area contributed by atoms with Crippen LogP contribution in [0.5, 0.6) is 5.88 Å². The average Bonchev–Trinajstić information content (AvgIpc) is 3.05. The van der Waals surface area contributed by atoms with Crippen LogP contribution in [-0.2, 0) is 6.61 Å². The largest absolute Gasteiger partial charge is 0.470 e. The Kier molecular flexibility index (Phi) is 4.83. The van der Waals surface area contributed by atoms with Gasteiger partial charge in [0.05, 0.1) is 5.69 Å². The molecule has 1 aromatic carbocycles. The van der Waals surface area contributed by atoms with Gasteiger partial charge in [-0.3, -0.25) is 4.79 Å². The molecule has 3 rings (SSSR count). The Morgan fingerprint density at radius 2 is 1.92 bits per heavy atom. The van der Waals surface area contributed by atoms with Crippen molar-refractivity contribution in [3.8, 4) is 11.6 Å². The molecule has 0 aliphatic heterocycles. The summed E-state index contributed by atoms with van der Waals surface area (Å²) in [6.45, 7) is 1.21. The molecule has 8 nitrogen and oxygen atoms in total. The van der Waals surface area contributed by atoms with Crippen molar-refractivity contribution in [2.24, 2.45) is 5.73 Å². The molecule has 0 spiro atoms. The highest BCUT2D eigenvalue weighted by molar-refractivity contribution is 5.90. The zero-order chi connectivity index (χ0) is 18.7. The number of nitrogens with two attached hydrogens (primary N) is 1. The van der Waals surface area contributed by atoms with E-state index in [1.165, 1.54) is 48.0 Å². The van der Waals surface area contributed by atoms with Crippen LogP contribution in [0.3, 0.4) is 0 Å². The van der Waals surface area contributed by atoms with Crippen molar-refractivity contribution in [1.82, 2.24) is 25.2 Å². The highest BCUT2D eigenvalue weighted by Crippen LogP contribution is 2.22. The second-order valence-electron chi connectivity index (χ2n) is 5.34. The highest BCUT2D eigenvalue weighted by Gasteiger charge is 2.20. The summed E-state index contributed by atoms with van der Waals surface area (Å²) >= 11 is 0. The van der Waals surface area contributed by atoms with E-state index in [1.807, 2.05) is 0 Å². The van der Waals surface area contributed by atoms with Gasteiger partial charge in [0.2, 0.25) is 5.88 Å². The van der Waals surface area contributed by atoms with Gasteiger partial charge in [-0.05, 0) is 37.3 Å². The van der Waals surface area contributed by atoms with Gasteiger partial charge in [-0.15, -0.1) is 15.3 Å². The van der Waals surface area contributed by atoms with E-state index >= 15 is 0 Å². The lowest BCUT2D eigenvalue weighted by Crippen LogP contribution is -2.14. The summed E-state index contributed by atoms with van der Waals surface area (Å²) in [5.74, 6) is -1.01. The standard InChI is InChI=1S/C16H14F2N6O2/c1-9(17)15-13(8-26-14-7-6-12(16(19)25)20-21-14)24(23-22-15)11-4-2-10(18)3-5-11/h2-7,9H,8H2,1H3,(H2,19,25). The van der Waals surface area contributed by atoms with E-state index in [9.17, 15) is 13.6 Å². The summed E-state index contributed by atoms with van der Waals surface area (Å²) < 4.78 is 33.8. The first kappa shape index (κ1) is 17.4. The maximum absolute atomic E-state index is 13.8. The smallest absolute Gasteiger partial charge is 0.269 e. The third-order valence-electron chi connectivity index (χ3n) is 3.49. The van der Waals surface area contributed by atoms with Crippen molar-refractivity contribution in [1.29, 1.82) is 0 Å². The number of hydrogen-bond acceptors (Lipinski definition) is 6. The molecule has 2 aromatic heterocycles. The lowest BCUT2D eigenvalue weighted by molar-refractivity contribution is 0.0994. The number of amides is 1. The molecule has 134 valence electrons. The Morgan fingerprint density at radius 1 is 1.19 bits per heavy atom. The normalized spacial score (nSPS) is 12.0. The second-order valence-corrected chi connectivity index (χ2v) is 5.34. The molecule has 0 radical (unpaired) electrons. The monoisotopic (exact) mass is 360 g/mol. The SMILES string of the molecule is CC(F)c1nnn(-c2ccc(F)cc2)c1COc1ccc(C(N)=O)nn1. The summed E-state index contributed by atoms with van der Waals surface area (Å²) in [5.41, 5.74) is 6.02. The quantitative estimate of drug-likeness (QED) is 0.719. The fraction of sp³-hybridized carbons (Fsp3) is 0.188. The van der Waals surface area contributed by atoms with Crippen LogP contribution >= 0.6 is 0 Å². The minimum atomic E-state index is -1.38. The Bertz CT molecular complexity index is 909. The number of benzene rings is 1. The fourth-order valence-electron chi connectivity index (χ4n) is 2.22. The number of primary amides is 1. The number of halogens is 2. The van der Waals surface area contributed by atoms with Gasteiger partial charge in [0, 0.05) is 6.07 Å². The number of nitrogens with zero attached hydrogens (tertiary/aromatic N) is 5. The zero-order valence-electron chi connectivity index (χ0n) is 13.6. The molecular weight excluding hydrogens is 346 g/mol. The topological polar surface area (TPSA) is 109 Å². The molecule has 26 heavy (non-hydrogen) atoms. The maximum atomic E-state index is 13.8. The number of carbonyl (C=O) groups excluding carboxylic acids is 1. The maximum Gasteiger partial charge on any atom is 0.269 e. The molecule has 1 atom stereocenters. The van der Waals surface area contributed by atoms with Crippen molar-refractivity contribution in [2.45, 2.75) is 19.7 Å². The third kappa shape index (κ3) is 3.63. The summed E-state index contributed by atoms with van der Waals surface area (Å²) in [6.07, 6.45) is -1.38. The molecule has 2 heterocycles. The summed E-state index contributed by atoms with van der Waals surface area (Å²) in [7, 11) is 0. The minimum absolute atomic E-state index is 0.00607. The van der Waals surface area contributed by atoms with Gasteiger partial charge in [-0.2, -0.15) is 0 Å². The molecule has 1 unspecified atom stereocenters. The van der Waals surface area contributed by atoms with Crippen LogP contribution in [0, 0.1) is 5.82 Å². The number of rotatable bonds is 6. The molecule has 0 aliphatic carbocycles. The molecule has 1 amide bonds. The third-order valence-corrected chi connectivity index (χ3v) is 3.49. The first-order valence-electron chi connectivity index (χ1n) is 7.56. The molecule has 0 saturated heterocycles. The van der Waals surface area contributed by atoms with Crippen LogP contribution in [0.1, 0.15) is 35.0 Å². The van der Waals surface area contributed by atoms with E-state index in [2.05, 4.69) is 20.5 Å². The molecule has 10 heteroatoms. The van der Waals surface area contributed by atoms with Crippen LogP contribution in [0.2, 0.25) is 0 Å². The van der Waals surface area contributed by atoms with E-state index in [1.54, 1.807) is 0 Å². The molecule has 0 aliphatic rings. The number of hydrogen-bond donors (Lipinski definition) is 1. The van der Waals surface area contributed by atoms with Crippen molar-refractivity contribution >= 4 is 5.91 Å². The van der Waals surface area contributed by atoms with E-state index in [-0.39, 0.29) is 23.9 Å². The van der Waals surface area contributed by atoms with E-state index < -0.39 is 17.9 Å². The Labute approximate surface area is 146 Å². The number of alkyl halides is 1. The van der Waals surface area contributed by atoms with Gasteiger partial charge >= 0.3 is 0 Å². The van der Waals surface area contributed by atoms with E-state index in [4.69, 9.17) is 10.5 Å². The first-order valence-corrected chi connectivity index (χ1v) is 7.56. The van der Waals surface area contributed by atoms with Gasteiger partial charge in [-0.1, -0.05) is 5.21 Å². The Balaban J connectivity index is 1.86. The Hall–Kier alpha value is -3.43.